The number of carbonyl (C=O) groups excluding carboxylic acids is 4. The Labute approximate surface area is 607 Å². The van der Waals surface area contributed by atoms with Crippen molar-refractivity contribution in [1.82, 2.24) is 0 Å². The zero-order valence-electron chi connectivity index (χ0n) is 64.8. The van der Waals surface area contributed by atoms with E-state index < -0.39 is 97.5 Å². The Morgan fingerprint density at radius 1 is 0.273 bits per heavy atom. The Morgan fingerprint density at radius 3 is 0.687 bits per heavy atom. The SMILES string of the molecule is CCCCCCCCCCCCCCCCCCCCCC(=O)O[C@H](COC(=O)CCCCCCCCCCCCCCCCCC(C)C)COP(=O)(O)OC[C@@H](O)COP(=O)(O)OC[C@@H](COC(=O)CCCCCCCCC)OC(=O)CCCCCCCCCCCCCCC(C)C. The Kier molecular flexibility index (Phi) is 70.3. The summed E-state index contributed by atoms with van der Waals surface area (Å²) in [6.07, 6.45) is 61.2. The lowest BCUT2D eigenvalue weighted by Gasteiger charge is -2.21. The highest BCUT2D eigenvalue weighted by atomic mass is 31.2. The van der Waals surface area contributed by atoms with Crippen molar-refractivity contribution in [3.63, 3.8) is 0 Å². The summed E-state index contributed by atoms with van der Waals surface area (Å²) in [6, 6.07) is 0. The second kappa shape index (κ2) is 71.7. The van der Waals surface area contributed by atoms with Crippen molar-refractivity contribution in [2.24, 2.45) is 11.8 Å². The van der Waals surface area contributed by atoms with Crippen LogP contribution in [0.4, 0.5) is 0 Å². The van der Waals surface area contributed by atoms with Crippen molar-refractivity contribution in [2.45, 2.75) is 439 Å². The second-order valence-electron chi connectivity index (χ2n) is 29.8. The molecular formula is C80H156O17P2. The van der Waals surface area contributed by atoms with Gasteiger partial charge in [-0.2, -0.15) is 0 Å². The summed E-state index contributed by atoms with van der Waals surface area (Å²) in [4.78, 5) is 72.8. The van der Waals surface area contributed by atoms with Gasteiger partial charge in [0.1, 0.15) is 19.3 Å². The van der Waals surface area contributed by atoms with Gasteiger partial charge in [-0.3, -0.25) is 37.3 Å². The van der Waals surface area contributed by atoms with E-state index in [1.807, 2.05) is 0 Å². The van der Waals surface area contributed by atoms with Gasteiger partial charge in [-0.15, -0.1) is 0 Å². The number of rotatable bonds is 79. The summed E-state index contributed by atoms with van der Waals surface area (Å²) in [5.74, 6) is -0.531. The molecule has 0 saturated heterocycles. The van der Waals surface area contributed by atoms with Crippen molar-refractivity contribution in [1.29, 1.82) is 0 Å². The predicted molar refractivity (Wildman–Crippen MR) is 405 cm³/mol. The van der Waals surface area contributed by atoms with Crippen LogP contribution in [0, 0.1) is 11.8 Å². The van der Waals surface area contributed by atoms with E-state index in [0.717, 1.165) is 115 Å². The first-order valence-electron chi connectivity index (χ1n) is 41.5. The summed E-state index contributed by atoms with van der Waals surface area (Å²) in [6.45, 7) is 9.62. The number of carbonyl (C=O) groups is 4. The van der Waals surface area contributed by atoms with Gasteiger partial charge in [0.25, 0.3) is 0 Å². The van der Waals surface area contributed by atoms with Crippen molar-refractivity contribution in [2.75, 3.05) is 39.6 Å². The minimum absolute atomic E-state index is 0.107. The molecule has 0 amide bonds. The molecule has 0 aromatic heterocycles. The lowest BCUT2D eigenvalue weighted by atomic mass is 10.0. The highest BCUT2D eigenvalue weighted by Crippen LogP contribution is 2.45. The van der Waals surface area contributed by atoms with Crippen LogP contribution in [-0.4, -0.2) is 96.7 Å². The molecule has 3 N–H and O–H groups in total. The second-order valence-corrected chi connectivity index (χ2v) is 32.7. The number of esters is 4. The molecule has 0 aromatic rings. The van der Waals surface area contributed by atoms with Gasteiger partial charge >= 0.3 is 39.5 Å². The van der Waals surface area contributed by atoms with Gasteiger partial charge < -0.3 is 33.8 Å². The molecule has 0 aromatic carbocycles. The number of hydrogen-bond donors (Lipinski definition) is 3. The molecule has 0 aliphatic carbocycles. The molecule has 0 rings (SSSR count). The third-order valence-corrected chi connectivity index (χ3v) is 20.6. The van der Waals surface area contributed by atoms with E-state index in [4.69, 9.17) is 37.0 Å². The fraction of sp³-hybridized carbons (Fsp3) is 0.950. The maximum atomic E-state index is 13.1. The fourth-order valence-corrected chi connectivity index (χ4v) is 13.9. The van der Waals surface area contributed by atoms with Crippen LogP contribution in [0.15, 0.2) is 0 Å². The Morgan fingerprint density at radius 2 is 0.465 bits per heavy atom. The molecule has 0 fully saturated rings. The summed E-state index contributed by atoms with van der Waals surface area (Å²) in [7, 11) is -9.91. The van der Waals surface area contributed by atoms with Crippen LogP contribution in [0.25, 0.3) is 0 Å². The highest BCUT2D eigenvalue weighted by molar-refractivity contribution is 7.47. The third kappa shape index (κ3) is 74.1. The van der Waals surface area contributed by atoms with E-state index >= 15 is 0 Å². The Hall–Kier alpha value is -1.94. The van der Waals surface area contributed by atoms with Crippen LogP contribution < -0.4 is 0 Å². The van der Waals surface area contributed by atoms with Crippen LogP contribution in [0.5, 0.6) is 0 Å². The first kappa shape index (κ1) is 97.1. The monoisotopic (exact) mass is 1450 g/mol. The number of hydrogen-bond acceptors (Lipinski definition) is 15. The molecule has 0 radical (unpaired) electrons. The summed E-state index contributed by atoms with van der Waals surface area (Å²) < 4.78 is 68.6. The van der Waals surface area contributed by atoms with E-state index in [1.54, 1.807) is 0 Å². The lowest BCUT2D eigenvalue weighted by Crippen LogP contribution is -2.30. The zero-order valence-corrected chi connectivity index (χ0v) is 66.6. The summed E-state index contributed by atoms with van der Waals surface area (Å²) in [5, 5.41) is 10.6. The molecule has 19 heteroatoms. The van der Waals surface area contributed by atoms with Gasteiger partial charge in [0, 0.05) is 25.7 Å². The smallest absolute Gasteiger partial charge is 0.462 e. The van der Waals surface area contributed by atoms with Crippen LogP contribution in [0.3, 0.4) is 0 Å². The standard InChI is InChI=1S/C80H156O17P2/c1-7-9-11-13-15-16-17-18-19-20-21-22-25-29-35-40-46-52-58-64-80(85)97-76(69-91-78(83)63-57-51-45-39-34-28-26-23-24-27-32-37-43-48-54-60-72(3)4)71-95-99(88,89)93-67-74(81)66-92-98(86,87)94-70-75(68-90-77(82)62-56-50-42-14-12-10-8-2)96-79(84)65-59-53-47-41-36-31-30-33-38-44-49-55-61-73(5)6/h72-76,81H,7-71H2,1-6H3,(H,86,87)(H,88,89)/t74-,75+,76+/m0/s1. The maximum Gasteiger partial charge on any atom is 0.472 e. The zero-order chi connectivity index (χ0) is 72.8. The van der Waals surface area contributed by atoms with E-state index in [2.05, 4.69) is 41.5 Å². The number of phosphoric ester groups is 2. The van der Waals surface area contributed by atoms with Crippen molar-refractivity contribution < 1.29 is 80.2 Å². The molecule has 5 atom stereocenters. The molecule has 0 bridgehead atoms. The molecular weight excluding hydrogens is 1290 g/mol. The maximum absolute atomic E-state index is 13.1. The number of aliphatic hydroxyl groups excluding tert-OH is 1. The minimum atomic E-state index is -4.96. The van der Waals surface area contributed by atoms with Crippen molar-refractivity contribution in [3.05, 3.63) is 0 Å². The molecule has 0 saturated carbocycles. The van der Waals surface area contributed by atoms with Gasteiger partial charge in [0.2, 0.25) is 0 Å². The van der Waals surface area contributed by atoms with E-state index in [1.165, 1.54) is 225 Å². The average molecular weight is 1450 g/mol. The Balaban J connectivity index is 5.18. The van der Waals surface area contributed by atoms with Gasteiger partial charge in [-0.1, -0.05) is 369 Å². The number of aliphatic hydroxyl groups is 1. The number of phosphoric acid groups is 2. The van der Waals surface area contributed by atoms with Gasteiger partial charge in [-0.25, -0.2) is 9.13 Å². The summed E-state index contributed by atoms with van der Waals surface area (Å²) in [5.41, 5.74) is 0. The molecule has 99 heavy (non-hydrogen) atoms. The third-order valence-electron chi connectivity index (χ3n) is 18.7. The molecule has 17 nitrogen and oxygen atoms in total. The Bertz CT molecular complexity index is 1910. The van der Waals surface area contributed by atoms with Gasteiger partial charge in [0.05, 0.1) is 26.4 Å². The van der Waals surface area contributed by atoms with Crippen LogP contribution in [-0.2, 0) is 65.4 Å². The normalized spacial score (nSPS) is 13.9. The van der Waals surface area contributed by atoms with E-state index in [0.29, 0.717) is 25.7 Å². The molecule has 0 aliphatic rings. The first-order chi connectivity index (χ1) is 47.9. The van der Waals surface area contributed by atoms with E-state index in [-0.39, 0.29) is 25.7 Å². The molecule has 2 unspecified atom stereocenters. The first-order valence-corrected chi connectivity index (χ1v) is 44.5. The quantitative estimate of drug-likeness (QED) is 0.0222. The highest BCUT2D eigenvalue weighted by Gasteiger charge is 2.30. The topological polar surface area (TPSA) is 237 Å². The van der Waals surface area contributed by atoms with E-state index in [9.17, 15) is 43.2 Å². The van der Waals surface area contributed by atoms with Gasteiger partial charge in [0.15, 0.2) is 12.2 Å². The number of ether oxygens (including phenoxy) is 4. The largest absolute Gasteiger partial charge is 0.472 e. The van der Waals surface area contributed by atoms with Crippen LogP contribution in [0.1, 0.15) is 420 Å². The molecule has 0 aliphatic heterocycles. The molecule has 0 spiro atoms. The number of unbranched alkanes of at least 4 members (excludes halogenated alkanes) is 49. The minimum Gasteiger partial charge on any atom is -0.462 e. The van der Waals surface area contributed by atoms with Gasteiger partial charge in [-0.05, 0) is 37.5 Å². The average Bonchev–Trinajstić information content (AvgIpc) is 0.969. The predicted octanol–water partition coefficient (Wildman–Crippen LogP) is 23.9. The van der Waals surface area contributed by atoms with Crippen LogP contribution in [0.2, 0.25) is 0 Å². The van der Waals surface area contributed by atoms with Crippen molar-refractivity contribution >= 4 is 39.5 Å². The molecule has 588 valence electrons. The summed E-state index contributed by atoms with van der Waals surface area (Å²) >= 11 is 0. The molecule has 0 heterocycles. The van der Waals surface area contributed by atoms with Crippen molar-refractivity contribution in [3.8, 4) is 0 Å². The van der Waals surface area contributed by atoms with Crippen LogP contribution >= 0.6 is 15.6 Å². The lowest BCUT2D eigenvalue weighted by molar-refractivity contribution is -0.161. The fourth-order valence-electron chi connectivity index (χ4n) is 12.4.